The maximum Gasteiger partial charge on any atom is 0.202 e. The van der Waals surface area contributed by atoms with Gasteiger partial charge in [0.15, 0.2) is 11.4 Å². The van der Waals surface area contributed by atoms with E-state index in [1.54, 1.807) is 31.1 Å². The first-order chi connectivity index (χ1) is 13.5. The summed E-state index contributed by atoms with van der Waals surface area (Å²) in [4.78, 5) is 28.1. The molecule has 4 N–H and O–H groups in total. The van der Waals surface area contributed by atoms with Gasteiger partial charge in [-0.05, 0) is 50.9 Å². The zero-order valence-electron chi connectivity index (χ0n) is 16.8. The molecular formula is C22H25NO6. The van der Waals surface area contributed by atoms with E-state index in [0.29, 0.717) is 5.56 Å². The Balaban J connectivity index is 1.99. The van der Waals surface area contributed by atoms with Gasteiger partial charge in [0.1, 0.15) is 17.3 Å². The molecule has 1 aromatic carbocycles. The number of aliphatic hydroxyl groups excluding tert-OH is 2. The van der Waals surface area contributed by atoms with Crippen molar-refractivity contribution in [1.29, 1.82) is 0 Å². The molecule has 3 aliphatic carbocycles. The Morgan fingerprint density at radius 3 is 2.41 bits per heavy atom. The molecule has 0 amide bonds. The van der Waals surface area contributed by atoms with Crippen LogP contribution in [0.15, 0.2) is 35.1 Å². The predicted octanol–water partition coefficient (Wildman–Crippen LogP) is 2.06. The largest absolute Gasteiger partial charge is 0.508 e. The van der Waals surface area contributed by atoms with Crippen molar-refractivity contribution in [2.24, 2.45) is 11.8 Å². The van der Waals surface area contributed by atoms with Gasteiger partial charge >= 0.3 is 0 Å². The van der Waals surface area contributed by atoms with Crippen molar-refractivity contribution in [2.45, 2.75) is 37.8 Å². The normalized spacial score (nSPS) is 34.3. The lowest BCUT2D eigenvalue weighted by Gasteiger charge is -2.51. The monoisotopic (exact) mass is 399 g/mol. The number of nitrogens with zero attached hydrogens (tertiary/aromatic N) is 1. The molecule has 154 valence electrons. The molecule has 0 saturated heterocycles. The second kappa shape index (κ2) is 6.18. The lowest BCUT2D eigenvalue weighted by Crippen LogP contribution is -2.65. The minimum Gasteiger partial charge on any atom is -0.508 e. The van der Waals surface area contributed by atoms with Crippen LogP contribution in [-0.4, -0.2) is 62.6 Å². The van der Waals surface area contributed by atoms with E-state index in [4.69, 9.17) is 0 Å². The average Bonchev–Trinajstić information content (AvgIpc) is 2.66. The summed E-state index contributed by atoms with van der Waals surface area (Å²) in [6.07, 6.45) is 0.226. The third-order valence-corrected chi connectivity index (χ3v) is 6.96. The number of aromatic hydroxyl groups is 1. The van der Waals surface area contributed by atoms with Crippen LogP contribution >= 0.6 is 0 Å². The molecule has 3 aliphatic rings. The van der Waals surface area contributed by atoms with E-state index in [1.807, 2.05) is 6.92 Å². The molecule has 0 aliphatic heterocycles. The van der Waals surface area contributed by atoms with E-state index in [0.717, 1.165) is 0 Å². The van der Waals surface area contributed by atoms with Crippen LogP contribution in [0.1, 0.15) is 37.3 Å². The molecule has 0 radical (unpaired) electrons. The van der Waals surface area contributed by atoms with Gasteiger partial charge in [0.25, 0.3) is 0 Å². The molecule has 29 heavy (non-hydrogen) atoms. The van der Waals surface area contributed by atoms with E-state index < -0.39 is 35.0 Å². The molecule has 1 aromatic rings. The number of fused-ring (bicyclic) bond motifs is 3. The Morgan fingerprint density at radius 1 is 1.14 bits per heavy atom. The molecule has 7 heteroatoms. The van der Waals surface area contributed by atoms with Gasteiger partial charge in [0.2, 0.25) is 5.78 Å². The lowest BCUT2D eigenvalue weighted by atomic mass is 9.56. The summed E-state index contributed by atoms with van der Waals surface area (Å²) in [5.41, 5.74) is -1.47. The number of hydrogen-bond acceptors (Lipinski definition) is 7. The molecule has 7 nitrogen and oxygen atoms in total. The predicted molar refractivity (Wildman–Crippen MR) is 105 cm³/mol. The number of phenols is 1. The molecule has 0 spiro atoms. The van der Waals surface area contributed by atoms with Crippen LogP contribution in [0, 0.1) is 11.8 Å². The average molecular weight is 399 g/mol. The number of likely N-dealkylation sites (N-methyl/N-ethyl adjacent to an activating group) is 1. The highest BCUT2D eigenvalue weighted by molar-refractivity contribution is 6.14. The Morgan fingerprint density at radius 2 is 1.79 bits per heavy atom. The highest BCUT2D eigenvalue weighted by Gasteiger charge is 2.63. The highest BCUT2D eigenvalue weighted by Crippen LogP contribution is 2.55. The number of aliphatic hydroxyl groups is 3. The van der Waals surface area contributed by atoms with Gasteiger partial charge in [-0.15, -0.1) is 0 Å². The summed E-state index contributed by atoms with van der Waals surface area (Å²) in [5.74, 6) is -3.86. The van der Waals surface area contributed by atoms with Gasteiger partial charge in [-0.1, -0.05) is 19.1 Å². The maximum atomic E-state index is 13.6. The topological polar surface area (TPSA) is 118 Å². The number of carbonyl (C=O) groups excluding carboxylic acids is 2. The second-order valence-electron chi connectivity index (χ2n) is 8.58. The van der Waals surface area contributed by atoms with Crippen molar-refractivity contribution in [3.8, 4) is 5.75 Å². The number of hydrogen-bond donors (Lipinski definition) is 4. The first-order valence-corrected chi connectivity index (χ1v) is 9.66. The number of ketones is 2. The minimum absolute atomic E-state index is 0.00328. The quantitative estimate of drug-likeness (QED) is 0.571. The highest BCUT2D eigenvalue weighted by atomic mass is 16.3. The molecular weight excluding hydrogens is 374 g/mol. The van der Waals surface area contributed by atoms with Crippen molar-refractivity contribution in [1.82, 2.24) is 4.90 Å². The summed E-state index contributed by atoms with van der Waals surface area (Å²) < 4.78 is 0. The molecule has 0 unspecified atom stereocenters. The molecule has 0 heterocycles. The van der Waals surface area contributed by atoms with Gasteiger partial charge in [-0.3, -0.25) is 14.5 Å². The summed E-state index contributed by atoms with van der Waals surface area (Å²) in [5, 5.41) is 43.3. The van der Waals surface area contributed by atoms with Crippen molar-refractivity contribution in [3.05, 3.63) is 46.2 Å². The van der Waals surface area contributed by atoms with Crippen LogP contribution in [0.25, 0.3) is 5.76 Å². The van der Waals surface area contributed by atoms with Crippen LogP contribution in [0.3, 0.4) is 0 Å². The van der Waals surface area contributed by atoms with Crippen LogP contribution < -0.4 is 0 Å². The minimum atomic E-state index is -2.30. The van der Waals surface area contributed by atoms with Crippen LogP contribution in [0.2, 0.25) is 0 Å². The number of carbonyl (C=O) groups is 2. The third-order valence-electron chi connectivity index (χ3n) is 6.96. The molecule has 1 fully saturated rings. The van der Waals surface area contributed by atoms with Crippen LogP contribution in [0.5, 0.6) is 5.75 Å². The molecule has 4 rings (SSSR count). The van der Waals surface area contributed by atoms with Crippen molar-refractivity contribution in [3.63, 3.8) is 0 Å². The number of benzene rings is 1. The Hall–Kier alpha value is -2.64. The Kier molecular flexibility index (Phi) is 4.19. The Labute approximate surface area is 168 Å². The van der Waals surface area contributed by atoms with Gasteiger partial charge < -0.3 is 20.4 Å². The van der Waals surface area contributed by atoms with E-state index in [1.165, 1.54) is 13.0 Å². The molecule has 1 saturated carbocycles. The number of phenolic OH excluding ortho intramolecular Hbond substituents is 1. The van der Waals surface area contributed by atoms with E-state index in [-0.39, 0.29) is 46.3 Å². The van der Waals surface area contributed by atoms with Crippen molar-refractivity contribution < 1.29 is 30.0 Å². The van der Waals surface area contributed by atoms with E-state index in [2.05, 4.69) is 0 Å². The fourth-order valence-electron chi connectivity index (χ4n) is 5.43. The third kappa shape index (κ3) is 2.31. The first kappa shape index (κ1) is 19.7. The Bertz CT molecular complexity index is 1010. The maximum absolute atomic E-state index is 13.6. The summed E-state index contributed by atoms with van der Waals surface area (Å²) in [6, 6.07) is 4.11. The van der Waals surface area contributed by atoms with Gasteiger partial charge in [0, 0.05) is 17.1 Å². The summed E-state index contributed by atoms with van der Waals surface area (Å²) >= 11 is 0. The lowest BCUT2D eigenvalue weighted by molar-refractivity contribution is -0.153. The molecule has 0 bridgehead atoms. The van der Waals surface area contributed by atoms with E-state index >= 15 is 0 Å². The summed E-state index contributed by atoms with van der Waals surface area (Å²) in [7, 11) is 3.40. The van der Waals surface area contributed by atoms with Crippen LogP contribution in [-0.2, 0) is 9.59 Å². The fourth-order valence-corrected chi connectivity index (χ4v) is 5.43. The standard InChI is InChI=1S/C22H25NO6/c1-9-11-6-5-7-14(24)15(11)19(26)16-12(9)8-13-17(23(3)4)18(25)10(2)20(27)22(13,29)21(16)28/h5-7,9,12-13,17,24,26-27,29H,8H2,1-4H3/t9-,12+,13-,17-,22+/m0/s1. The number of rotatable bonds is 1. The second-order valence-corrected chi connectivity index (χ2v) is 8.58. The smallest absolute Gasteiger partial charge is 0.202 e. The zero-order chi connectivity index (χ0) is 21.4. The SMILES string of the molecule is CC1=C(O)[C@@]2(O)C(=O)C3=C(O)c4c(O)cccc4[C@H](C)[C@H]3C[C@H]2[C@H](N(C)C)C1=O. The molecule has 5 atom stereocenters. The zero-order valence-corrected chi connectivity index (χ0v) is 16.8. The molecule has 0 aromatic heterocycles. The van der Waals surface area contributed by atoms with Gasteiger partial charge in [-0.2, -0.15) is 0 Å². The number of Topliss-reactive ketones (excluding diaryl/α,β-unsaturated/α-hetero) is 2. The van der Waals surface area contributed by atoms with Gasteiger partial charge in [0.05, 0.1) is 11.6 Å². The fraction of sp³-hybridized carbons (Fsp3) is 0.455. The summed E-state index contributed by atoms with van der Waals surface area (Å²) in [6.45, 7) is 3.28. The first-order valence-electron chi connectivity index (χ1n) is 9.66. The van der Waals surface area contributed by atoms with Gasteiger partial charge in [-0.25, -0.2) is 0 Å². The van der Waals surface area contributed by atoms with E-state index in [9.17, 15) is 30.0 Å². The van der Waals surface area contributed by atoms with Crippen molar-refractivity contribution in [2.75, 3.05) is 14.1 Å². The van der Waals surface area contributed by atoms with Crippen molar-refractivity contribution >= 4 is 17.3 Å². The van der Waals surface area contributed by atoms with Crippen LogP contribution in [0.4, 0.5) is 0 Å².